The van der Waals surface area contributed by atoms with Crippen molar-refractivity contribution < 1.29 is 4.74 Å². The van der Waals surface area contributed by atoms with Crippen LogP contribution in [0.4, 0.5) is 0 Å². The van der Waals surface area contributed by atoms with Crippen molar-refractivity contribution in [3.63, 3.8) is 0 Å². The van der Waals surface area contributed by atoms with Crippen LogP contribution in [0.1, 0.15) is 31.0 Å². The van der Waals surface area contributed by atoms with Crippen LogP contribution in [0.15, 0.2) is 42.7 Å². The maximum absolute atomic E-state index is 5.43. The van der Waals surface area contributed by atoms with Gasteiger partial charge in [0.25, 0.3) is 0 Å². The summed E-state index contributed by atoms with van der Waals surface area (Å²) in [4.78, 5) is 3.06. The summed E-state index contributed by atoms with van der Waals surface area (Å²) in [5.74, 6) is 0.930. The third-order valence-electron chi connectivity index (χ3n) is 2.97. The fourth-order valence-corrected chi connectivity index (χ4v) is 1.88. The second-order valence-corrected chi connectivity index (χ2v) is 4.32. The predicted molar refractivity (Wildman–Crippen MR) is 73.7 cm³/mol. The highest BCUT2D eigenvalue weighted by atomic mass is 16.5. The average molecular weight is 244 g/mol. The van der Waals surface area contributed by atoms with Gasteiger partial charge >= 0.3 is 0 Å². The molecule has 0 saturated heterocycles. The van der Waals surface area contributed by atoms with Crippen molar-refractivity contribution in [2.75, 3.05) is 6.61 Å². The molecular weight excluding hydrogens is 224 g/mol. The molecule has 2 N–H and O–H groups in total. The third kappa shape index (κ3) is 3.37. The first kappa shape index (κ1) is 12.7. The first-order valence-corrected chi connectivity index (χ1v) is 6.37. The van der Waals surface area contributed by atoms with Gasteiger partial charge in [-0.15, -0.1) is 0 Å². The van der Waals surface area contributed by atoms with Crippen LogP contribution in [-0.4, -0.2) is 11.6 Å². The first-order valence-electron chi connectivity index (χ1n) is 6.37. The van der Waals surface area contributed by atoms with Gasteiger partial charge in [0.2, 0.25) is 0 Å². The molecule has 3 nitrogen and oxygen atoms in total. The minimum absolute atomic E-state index is 0.329. The van der Waals surface area contributed by atoms with Gasteiger partial charge in [0, 0.05) is 25.0 Å². The maximum atomic E-state index is 5.43. The number of aromatic amines is 1. The van der Waals surface area contributed by atoms with Gasteiger partial charge in [0.15, 0.2) is 0 Å². The number of nitrogens with one attached hydrogen (secondary N) is 2. The molecule has 0 saturated carbocycles. The van der Waals surface area contributed by atoms with Crippen LogP contribution in [0.3, 0.4) is 0 Å². The molecule has 2 aromatic rings. The largest absolute Gasteiger partial charge is 0.494 e. The number of hydrogen-bond acceptors (Lipinski definition) is 2. The van der Waals surface area contributed by atoms with E-state index in [9.17, 15) is 0 Å². The Kier molecular flexibility index (Phi) is 4.42. The molecule has 18 heavy (non-hydrogen) atoms. The molecule has 1 unspecified atom stereocenters. The Morgan fingerprint density at radius 1 is 1.22 bits per heavy atom. The van der Waals surface area contributed by atoms with Gasteiger partial charge < -0.3 is 15.0 Å². The number of aromatic nitrogens is 1. The molecule has 0 radical (unpaired) electrons. The highest BCUT2D eigenvalue weighted by molar-refractivity contribution is 5.29. The lowest BCUT2D eigenvalue weighted by Crippen LogP contribution is -2.17. The van der Waals surface area contributed by atoms with Gasteiger partial charge in [-0.1, -0.05) is 12.1 Å². The van der Waals surface area contributed by atoms with Crippen molar-refractivity contribution in [1.29, 1.82) is 0 Å². The molecule has 3 heteroatoms. The molecule has 1 atom stereocenters. The lowest BCUT2D eigenvalue weighted by Gasteiger charge is -2.14. The number of hydrogen-bond donors (Lipinski definition) is 2. The minimum Gasteiger partial charge on any atom is -0.494 e. The molecule has 0 aliphatic heterocycles. The van der Waals surface area contributed by atoms with Crippen LogP contribution in [0.2, 0.25) is 0 Å². The zero-order chi connectivity index (χ0) is 12.8. The Morgan fingerprint density at radius 3 is 2.61 bits per heavy atom. The zero-order valence-corrected chi connectivity index (χ0v) is 10.9. The third-order valence-corrected chi connectivity index (χ3v) is 2.97. The molecular formula is C15H20N2O. The van der Waals surface area contributed by atoms with E-state index in [-0.39, 0.29) is 0 Å². The maximum Gasteiger partial charge on any atom is 0.119 e. The monoisotopic (exact) mass is 244 g/mol. The van der Waals surface area contributed by atoms with Gasteiger partial charge in [-0.2, -0.15) is 0 Å². The number of rotatable bonds is 6. The molecule has 0 spiro atoms. The van der Waals surface area contributed by atoms with Gasteiger partial charge in [-0.3, -0.25) is 0 Å². The van der Waals surface area contributed by atoms with Crippen molar-refractivity contribution in [2.24, 2.45) is 0 Å². The van der Waals surface area contributed by atoms with E-state index in [0.29, 0.717) is 12.6 Å². The second-order valence-electron chi connectivity index (χ2n) is 4.32. The quantitative estimate of drug-likeness (QED) is 0.818. The Labute approximate surface area is 108 Å². The summed E-state index contributed by atoms with van der Waals surface area (Å²) in [6.07, 6.45) is 3.95. The molecule has 2 rings (SSSR count). The summed E-state index contributed by atoms with van der Waals surface area (Å²) in [7, 11) is 0. The van der Waals surface area contributed by atoms with Crippen LogP contribution >= 0.6 is 0 Å². The van der Waals surface area contributed by atoms with E-state index in [1.54, 1.807) is 0 Å². The lowest BCUT2D eigenvalue weighted by molar-refractivity contribution is 0.340. The predicted octanol–water partition coefficient (Wildman–Crippen LogP) is 3.26. The molecule has 1 aromatic heterocycles. The number of benzene rings is 1. The van der Waals surface area contributed by atoms with Gasteiger partial charge in [-0.25, -0.2) is 0 Å². The second kappa shape index (κ2) is 6.26. The molecule has 0 fully saturated rings. The molecule has 0 amide bonds. The van der Waals surface area contributed by atoms with E-state index in [1.807, 2.05) is 31.5 Å². The lowest BCUT2D eigenvalue weighted by atomic mass is 10.1. The van der Waals surface area contributed by atoms with Crippen LogP contribution in [0, 0.1) is 0 Å². The highest BCUT2D eigenvalue weighted by Crippen LogP contribution is 2.17. The van der Waals surface area contributed by atoms with Crippen LogP contribution in [0.5, 0.6) is 5.75 Å². The summed E-state index contributed by atoms with van der Waals surface area (Å²) in [5, 5.41) is 3.49. The fourth-order valence-electron chi connectivity index (χ4n) is 1.88. The molecule has 0 aliphatic carbocycles. The Bertz CT molecular complexity index is 448. The topological polar surface area (TPSA) is 37.0 Å². The Morgan fingerprint density at radius 2 is 2.00 bits per heavy atom. The number of H-pyrrole nitrogens is 1. The SMILES string of the molecule is CCOc1ccc(C(C)NCc2cc[nH]c2)cc1. The summed E-state index contributed by atoms with van der Waals surface area (Å²) < 4.78 is 5.43. The summed E-state index contributed by atoms with van der Waals surface area (Å²) >= 11 is 0. The van der Waals surface area contributed by atoms with E-state index in [1.165, 1.54) is 11.1 Å². The van der Waals surface area contributed by atoms with E-state index >= 15 is 0 Å². The van der Waals surface area contributed by atoms with Gasteiger partial charge in [0.05, 0.1) is 6.61 Å². The zero-order valence-electron chi connectivity index (χ0n) is 10.9. The van der Waals surface area contributed by atoms with Crippen molar-refractivity contribution in [1.82, 2.24) is 10.3 Å². The molecule has 1 heterocycles. The van der Waals surface area contributed by atoms with Crippen molar-refractivity contribution >= 4 is 0 Å². The summed E-state index contributed by atoms with van der Waals surface area (Å²) in [6, 6.07) is 10.7. The standard InChI is InChI=1S/C15H20N2O/c1-3-18-15-6-4-14(5-7-15)12(2)17-11-13-8-9-16-10-13/h4-10,12,16-17H,3,11H2,1-2H3. The molecule has 96 valence electrons. The van der Waals surface area contributed by atoms with Crippen LogP contribution in [-0.2, 0) is 6.54 Å². The van der Waals surface area contributed by atoms with Crippen molar-refractivity contribution in [3.05, 3.63) is 53.9 Å². The van der Waals surface area contributed by atoms with Crippen molar-refractivity contribution in [3.8, 4) is 5.75 Å². The highest BCUT2D eigenvalue weighted by Gasteiger charge is 2.05. The minimum atomic E-state index is 0.329. The summed E-state index contributed by atoms with van der Waals surface area (Å²) in [5.41, 5.74) is 2.54. The van der Waals surface area contributed by atoms with Gasteiger partial charge in [0.1, 0.15) is 5.75 Å². The van der Waals surface area contributed by atoms with Crippen LogP contribution < -0.4 is 10.1 Å². The molecule has 1 aromatic carbocycles. The Hall–Kier alpha value is -1.74. The average Bonchev–Trinajstić information content (AvgIpc) is 2.90. The first-order chi connectivity index (χ1) is 8.79. The smallest absolute Gasteiger partial charge is 0.119 e. The van der Waals surface area contributed by atoms with E-state index in [2.05, 4.69) is 35.4 Å². The van der Waals surface area contributed by atoms with Crippen LogP contribution in [0.25, 0.3) is 0 Å². The normalized spacial score (nSPS) is 12.3. The van der Waals surface area contributed by atoms with E-state index in [4.69, 9.17) is 4.74 Å². The van der Waals surface area contributed by atoms with E-state index in [0.717, 1.165) is 12.3 Å². The number of ether oxygens (including phenoxy) is 1. The molecule has 0 aliphatic rings. The van der Waals surface area contributed by atoms with Crippen molar-refractivity contribution in [2.45, 2.75) is 26.4 Å². The summed E-state index contributed by atoms with van der Waals surface area (Å²) in [6.45, 7) is 5.75. The molecule has 0 bridgehead atoms. The van der Waals surface area contributed by atoms with Gasteiger partial charge in [-0.05, 0) is 43.2 Å². The Balaban J connectivity index is 1.89. The van der Waals surface area contributed by atoms with E-state index < -0.39 is 0 Å². The fraction of sp³-hybridized carbons (Fsp3) is 0.333.